The first-order valence-electron chi connectivity index (χ1n) is 18.6. The van der Waals surface area contributed by atoms with Crippen molar-refractivity contribution < 1.29 is 85.7 Å². The number of hydrogen-bond donors (Lipinski definition) is 0. The Morgan fingerprint density at radius 3 is 1.48 bits per heavy atom. The van der Waals surface area contributed by atoms with Gasteiger partial charge in [0.15, 0.2) is 53.4 Å². The Kier molecular flexibility index (Phi) is 16.7. The van der Waals surface area contributed by atoms with Gasteiger partial charge in [0.2, 0.25) is 0 Å². The van der Waals surface area contributed by atoms with E-state index < -0.39 is 138 Å². The summed E-state index contributed by atoms with van der Waals surface area (Å²) in [4.78, 5) is 119. The molecule has 1 aromatic carbocycles. The third-order valence-electron chi connectivity index (χ3n) is 8.63. The van der Waals surface area contributed by atoms with E-state index >= 15 is 0 Å². The molecule has 2 fully saturated rings. The average Bonchev–Trinajstić information content (AvgIpc) is 3.16. The maximum Gasteiger partial charge on any atom is 0.303 e. The van der Waals surface area contributed by atoms with Gasteiger partial charge in [0, 0.05) is 61.0 Å². The Morgan fingerprint density at radius 1 is 0.613 bits per heavy atom. The zero-order chi connectivity index (χ0) is 46.0. The third-order valence-corrected chi connectivity index (χ3v) is 9.74. The van der Waals surface area contributed by atoms with Crippen molar-refractivity contribution in [1.29, 1.82) is 5.26 Å². The van der Waals surface area contributed by atoms with Gasteiger partial charge in [0.1, 0.15) is 37.1 Å². The number of aromatic nitrogens is 2. The molecule has 10 atom stereocenters. The van der Waals surface area contributed by atoms with Crippen molar-refractivity contribution in [2.75, 3.05) is 13.2 Å². The molecule has 0 saturated carbocycles. The molecule has 0 bridgehead atoms. The van der Waals surface area contributed by atoms with E-state index in [4.69, 9.17) is 47.4 Å². The molecule has 0 amide bonds. The van der Waals surface area contributed by atoms with E-state index in [0.29, 0.717) is 11.8 Å². The second-order valence-electron chi connectivity index (χ2n) is 13.5. The van der Waals surface area contributed by atoms with Gasteiger partial charge < -0.3 is 47.4 Å². The molecule has 1 aromatic heterocycles. The number of ether oxygens (including phenoxy) is 10. The summed E-state index contributed by atoms with van der Waals surface area (Å²) in [6.45, 7) is 6.88. The number of nitriles is 1. The molecule has 2 saturated heterocycles. The first-order chi connectivity index (χ1) is 29.2. The van der Waals surface area contributed by atoms with Crippen LogP contribution in [0.4, 0.5) is 0 Å². The highest BCUT2D eigenvalue weighted by molar-refractivity contribution is 7.99. The number of carbonyl (C=O) groups excluding carboxylic acids is 8. The van der Waals surface area contributed by atoms with Gasteiger partial charge in [0.25, 0.3) is 5.56 Å². The third kappa shape index (κ3) is 12.4. The van der Waals surface area contributed by atoms with Crippen LogP contribution in [-0.2, 0) is 85.7 Å². The second kappa shape index (κ2) is 21.4. The van der Waals surface area contributed by atoms with Crippen molar-refractivity contribution in [3.05, 3.63) is 46.2 Å². The SMILES string of the molecule is CC(=O)OC[C@H]1O[C@@H](n2c(S[C@@H]3O[C@H](COC(C)=O)[C@H](OC(C)=O)[C@H](OC(C)=O)[C@H]3OC(C)=O)nc(-c3ccccc3)c(C#N)c2=O)[C@H](OC(C)=O)[C@@H](OC(C)=O)[C@H]1OC(C)=O. The molecule has 2 aromatic rings. The van der Waals surface area contributed by atoms with Gasteiger partial charge >= 0.3 is 47.8 Å². The second-order valence-corrected chi connectivity index (χ2v) is 14.6. The fourth-order valence-corrected chi connectivity index (χ4v) is 7.72. The zero-order valence-corrected chi connectivity index (χ0v) is 35.4. The van der Waals surface area contributed by atoms with Crippen LogP contribution in [0, 0.1) is 11.3 Å². The minimum atomic E-state index is -1.97. The zero-order valence-electron chi connectivity index (χ0n) is 34.6. The molecule has 0 unspecified atom stereocenters. The fraction of sp³-hybridized carbons (Fsp3) is 0.513. The van der Waals surface area contributed by atoms with E-state index in [1.807, 2.05) is 6.07 Å². The number of benzene rings is 1. The van der Waals surface area contributed by atoms with Crippen LogP contribution in [0.2, 0.25) is 0 Å². The van der Waals surface area contributed by atoms with Crippen molar-refractivity contribution in [2.45, 2.75) is 121 Å². The molecule has 334 valence electrons. The summed E-state index contributed by atoms with van der Waals surface area (Å²) in [7, 11) is 0. The largest absolute Gasteiger partial charge is 0.463 e. The van der Waals surface area contributed by atoms with E-state index in [2.05, 4.69) is 4.98 Å². The van der Waals surface area contributed by atoms with Crippen LogP contribution in [0.3, 0.4) is 0 Å². The lowest BCUT2D eigenvalue weighted by Crippen LogP contribution is -2.62. The Hall–Kier alpha value is -6.38. The maximum atomic E-state index is 14.9. The van der Waals surface area contributed by atoms with Crippen molar-refractivity contribution in [2.24, 2.45) is 0 Å². The number of hydrogen-bond acceptors (Lipinski definition) is 22. The number of nitrogens with zero attached hydrogens (tertiary/aromatic N) is 3. The van der Waals surface area contributed by atoms with Crippen LogP contribution < -0.4 is 5.56 Å². The van der Waals surface area contributed by atoms with Gasteiger partial charge in [-0.2, -0.15) is 5.26 Å². The van der Waals surface area contributed by atoms with Crippen LogP contribution in [-0.4, -0.2) is 125 Å². The molecule has 62 heavy (non-hydrogen) atoms. The summed E-state index contributed by atoms with van der Waals surface area (Å²) < 4.78 is 57.0. The number of rotatable bonds is 14. The Morgan fingerprint density at radius 2 is 1.03 bits per heavy atom. The number of esters is 8. The highest BCUT2D eigenvalue weighted by Crippen LogP contribution is 2.41. The smallest absolute Gasteiger partial charge is 0.303 e. The molecule has 2 aliphatic heterocycles. The molecule has 23 heteroatoms. The monoisotopic (exact) mass is 889 g/mol. The summed E-state index contributed by atoms with van der Waals surface area (Å²) in [5.41, 5.74) is -3.33. The molecule has 3 heterocycles. The van der Waals surface area contributed by atoms with Crippen molar-refractivity contribution in [1.82, 2.24) is 9.55 Å². The molecular formula is C39H43N3O19S. The van der Waals surface area contributed by atoms with Crippen molar-refractivity contribution >= 4 is 59.5 Å². The molecule has 2 aliphatic rings. The van der Waals surface area contributed by atoms with Gasteiger partial charge in [-0.15, -0.1) is 0 Å². The van der Waals surface area contributed by atoms with Crippen LogP contribution in [0.1, 0.15) is 67.2 Å². The van der Waals surface area contributed by atoms with E-state index in [0.717, 1.165) is 60.0 Å². The lowest BCUT2D eigenvalue weighted by atomic mass is 9.97. The van der Waals surface area contributed by atoms with Gasteiger partial charge in [-0.25, -0.2) is 4.98 Å². The molecule has 0 N–H and O–H groups in total. The predicted octanol–water partition coefficient (Wildman–Crippen LogP) is 1.21. The van der Waals surface area contributed by atoms with E-state index in [1.165, 1.54) is 12.1 Å². The molecule has 22 nitrogen and oxygen atoms in total. The predicted molar refractivity (Wildman–Crippen MR) is 204 cm³/mol. The van der Waals surface area contributed by atoms with Gasteiger partial charge in [0.05, 0.1) is 5.69 Å². The van der Waals surface area contributed by atoms with E-state index in [-0.39, 0.29) is 11.3 Å². The summed E-state index contributed by atoms with van der Waals surface area (Å²) in [5.74, 6) is -7.31. The van der Waals surface area contributed by atoms with Crippen molar-refractivity contribution in [3.8, 4) is 17.3 Å². The number of thioether (sulfide) groups is 1. The average molecular weight is 890 g/mol. The summed E-state index contributed by atoms with van der Waals surface area (Å²) in [6, 6.07) is 9.74. The quantitative estimate of drug-likeness (QED) is 0.146. The van der Waals surface area contributed by atoms with E-state index in [9.17, 15) is 48.4 Å². The molecular weight excluding hydrogens is 846 g/mol. The normalized spacial score (nSPS) is 25.4. The Balaban J connectivity index is 2.09. The van der Waals surface area contributed by atoms with E-state index in [1.54, 1.807) is 18.2 Å². The van der Waals surface area contributed by atoms with Gasteiger partial charge in [-0.3, -0.25) is 47.7 Å². The molecule has 0 radical (unpaired) electrons. The van der Waals surface area contributed by atoms with Crippen molar-refractivity contribution in [3.63, 3.8) is 0 Å². The summed E-state index contributed by atoms with van der Waals surface area (Å²) in [6.07, 6.45) is -15.2. The van der Waals surface area contributed by atoms with Crippen LogP contribution in [0.15, 0.2) is 40.3 Å². The molecule has 4 rings (SSSR count). The van der Waals surface area contributed by atoms with Crippen LogP contribution in [0.5, 0.6) is 0 Å². The molecule has 0 aliphatic carbocycles. The van der Waals surface area contributed by atoms with Crippen LogP contribution in [0.25, 0.3) is 11.3 Å². The standard InChI is InChI=1S/C39H43N3O19S/c1-17(43)52-15-27-30(54-19(3)45)32(56-21(5)47)34(58-23(7)49)37(60-27)42-36(51)26(14-40)29(25-12-10-9-11-13-25)41-39(42)62-38-35(59-24(8)50)33(57-22(6)48)31(55-20(4)46)28(61-38)16-53-18(2)44/h9-13,27-28,30-35,37-38H,15-16H2,1-8H3/t27-,28-,30+,31+,32+,33+,34-,35-,37-,38+/m1/s1. The maximum absolute atomic E-state index is 14.9. The fourth-order valence-electron chi connectivity index (χ4n) is 6.53. The first kappa shape index (κ1) is 48.3. The minimum absolute atomic E-state index is 0.201. The lowest BCUT2D eigenvalue weighted by Gasteiger charge is -2.45. The highest BCUT2D eigenvalue weighted by atomic mass is 32.2. The summed E-state index contributed by atoms with van der Waals surface area (Å²) in [5, 5.41) is 10.0. The van der Waals surface area contributed by atoms with Gasteiger partial charge in [-0.05, 0) is 0 Å². The highest BCUT2D eigenvalue weighted by Gasteiger charge is 2.56. The van der Waals surface area contributed by atoms with Crippen LogP contribution >= 0.6 is 11.8 Å². The first-order valence-corrected chi connectivity index (χ1v) is 19.5. The van der Waals surface area contributed by atoms with Gasteiger partial charge in [-0.1, -0.05) is 42.1 Å². The Bertz CT molecular complexity index is 2160. The lowest BCUT2D eigenvalue weighted by molar-refractivity contribution is -0.270. The summed E-state index contributed by atoms with van der Waals surface area (Å²) >= 11 is 0.506. The topological polar surface area (TPSA) is 288 Å². The molecule has 0 spiro atoms. The minimum Gasteiger partial charge on any atom is -0.463 e. The Labute approximate surface area is 357 Å². The number of carbonyl (C=O) groups is 8.